The number of carbonyl (C=O) groups excluding carboxylic acids is 1. The molecule has 0 aliphatic rings. The molecule has 3 rings (SSSR count). The molecule has 142 valence electrons. The van der Waals surface area contributed by atoms with Gasteiger partial charge in [0.2, 0.25) is 0 Å². The van der Waals surface area contributed by atoms with Gasteiger partial charge in [0.1, 0.15) is 18.1 Å². The number of hydrogen-bond acceptors (Lipinski definition) is 6. The Labute approximate surface area is 154 Å². The quantitative estimate of drug-likeness (QED) is 0.629. The highest BCUT2D eigenvalue weighted by atomic mass is 16.5. The summed E-state index contributed by atoms with van der Waals surface area (Å²) in [6, 6.07) is 4.95. The number of pyridine rings is 1. The van der Waals surface area contributed by atoms with Crippen LogP contribution in [0.5, 0.6) is 0 Å². The summed E-state index contributed by atoms with van der Waals surface area (Å²) < 4.78 is 8.40. The average Bonchev–Trinajstić information content (AvgIpc) is 3.05. The Morgan fingerprint density at radius 2 is 2.04 bits per heavy atom. The molecule has 0 amide bonds. The van der Waals surface area contributed by atoms with Crippen molar-refractivity contribution in [1.29, 1.82) is 0 Å². The number of H-pyrrole nitrogens is 1. The predicted molar refractivity (Wildman–Crippen MR) is 98.6 cm³/mol. The van der Waals surface area contributed by atoms with Crippen molar-refractivity contribution in [3.05, 3.63) is 56.8 Å². The summed E-state index contributed by atoms with van der Waals surface area (Å²) in [6.45, 7) is 4.64. The van der Waals surface area contributed by atoms with Crippen LogP contribution in [0.4, 0.5) is 0 Å². The second kappa shape index (κ2) is 7.98. The average molecular weight is 371 g/mol. The lowest BCUT2D eigenvalue weighted by molar-refractivity contribution is 0.0451. The van der Waals surface area contributed by atoms with Gasteiger partial charge in [-0.1, -0.05) is 19.4 Å². The number of hydrogen-bond donors (Lipinski definition) is 1. The minimum atomic E-state index is -0.581. The lowest BCUT2D eigenvalue weighted by Crippen LogP contribution is -2.31. The molecule has 0 saturated carbocycles. The van der Waals surface area contributed by atoms with Crippen molar-refractivity contribution in [3.8, 4) is 0 Å². The van der Waals surface area contributed by atoms with Crippen molar-refractivity contribution >= 4 is 17.1 Å². The molecular formula is C18H21N5O4. The lowest BCUT2D eigenvalue weighted by Gasteiger charge is -2.07. The van der Waals surface area contributed by atoms with E-state index in [4.69, 9.17) is 4.74 Å². The summed E-state index contributed by atoms with van der Waals surface area (Å²) in [5.74, 6) is -0.180. The van der Waals surface area contributed by atoms with Crippen LogP contribution >= 0.6 is 0 Å². The van der Waals surface area contributed by atoms with Gasteiger partial charge < -0.3 is 9.30 Å². The number of rotatable bonds is 7. The number of aromatic nitrogens is 5. The Bertz CT molecular complexity index is 1070. The van der Waals surface area contributed by atoms with Crippen LogP contribution in [0.25, 0.3) is 11.2 Å². The topological polar surface area (TPSA) is 112 Å². The van der Waals surface area contributed by atoms with Crippen LogP contribution in [-0.4, -0.2) is 30.1 Å². The molecule has 0 unspecified atom stereocenters. The van der Waals surface area contributed by atoms with Crippen molar-refractivity contribution in [3.63, 3.8) is 0 Å². The van der Waals surface area contributed by atoms with Gasteiger partial charge in [0.25, 0.3) is 5.56 Å². The van der Waals surface area contributed by atoms with Gasteiger partial charge in [0.05, 0.1) is 0 Å². The smallest absolute Gasteiger partial charge is 0.357 e. The highest BCUT2D eigenvalue weighted by Crippen LogP contribution is 2.13. The van der Waals surface area contributed by atoms with E-state index in [2.05, 4.69) is 15.0 Å². The third-order valence-corrected chi connectivity index (χ3v) is 4.22. The molecule has 0 aliphatic heterocycles. The molecule has 0 atom stereocenters. The molecular weight excluding hydrogens is 350 g/mol. The molecule has 0 aromatic carbocycles. The molecule has 3 heterocycles. The third-order valence-electron chi connectivity index (χ3n) is 4.22. The Balaban J connectivity index is 1.98. The van der Waals surface area contributed by atoms with Crippen LogP contribution in [0.3, 0.4) is 0 Å². The predicted octanol–water partition coefficient (Wildman–Crippen LogP) is 1.46. The standard InChI is InChI=1S/C18H21N5O4/c1-3-5-10-23-15-14(16(24)21-18(23)26)22(4-2)13(20-15)11-27-17(25)12-8-6-7-9-19-12/h6-9H,3-5,10-11H2,1-2H3,(H,21,24,26). The minimum Gasteiger partial charge on any atom is -0.453 e. The first-order valence-corrected chi connectivity index (χ1v) is 8.87. The molecule has 3 aromatic heterocycles. The van der Waals surface area contributed by atoms with E-state index in [0.717, 1.165) is 12.8 Å². The Morgan fingerprint density at radius 3 is 2.70 bits per heavy atom. The third kappa shape index (κ3) is 3.67. The number of esters is 1. The number of nitrogens with one attached hydrogen (secondary N) is 1. The fourth-order valence-electron chi connectivity index (χ4n) is 2.88. The van der Waals surface area contributed by atoms with Crippen molar-refractivity contribution in [2.75, 3.05) is 0 Å². The first-order chi connectivity index (χ1) is 13.1. The van der Waals surface area contributed by atoms with Crippen molar-refractivity contribution in [2.24, 2.45) is 0 Å². The highest BCUT2D eigenvalue weighted by molar-refractivity contribution is 5.87. The van der Waals surface area contributed by atoms with E-state index in [0.29, 0.717) is 30.1 Å². The van der Waals surface area contributed by atoms with E-state index in [-0.39, 0.29) is 12.3 Å². The van der Waals surface area contributed by atoms with Gasteiger partial charge in [-0.3, -0.25) is 14.3 Å². The van der Waals surface area contributed by atoms with E-state index in [1.165, 1.54) is 10.8 Å². The van der Waals surface area contributed by atoms with Gasteiger partial charge in [-0.05, 0) is 25.5 Å². The molecule has 27 heavy (non-hydrogen) atoms. The van der Waals surface area contributed by atoms with Crippen molar-refractivity contribution in [2.45, 2.75) is 46.4 Å². The molecule has 0 radical (unpaired) electrons. The summed E-state index contributed by atoms with van der Waals surface area (Å²) in [6.07, 6.45) is 3.18. The summed E-state index contributed by atoms with van der Waals surface area (Å²) in [5.41, 5.74) is -0.187. The van der Waals surface area contributed by atoms with E-state index in [9.17, 15) is 14.4 Å². The van der Waals surface area contributed by atoms with E-state index in [1.54, 1.807) is 22.8 Å². The first-order valence-electron chi connectivity index (χ1n) is 8.87. The van der Waals surface area contributed by atoms with Gasteiger partial charge in [-0.15, -0.1) is 0 Å². The Kier molecular flexibility index (Phi) is 5.49. The fraction of sp³-hybridized carbons (Fsp3) is 0.389. The molecule has 3 aromatic rings. The summed E-state index contributed by atoms with van der Waals surface area (Å²) in [7, 11) is 0. The molecule has 9 nitrogen and oxygen atoms in total. The summed E-state index contributed by atoms with van der Waals surface area (Å²) in [4.78, 5) is 47.4. The van der Waals surface area contributed by atoms with Crippen LogP contribution in [0.15, 0.2) is 34.0 Å². The number of carbonyl (C=O) groups is 1. The van der Waals surface area contributed by atoms with Gasteiger partial charge >= 0.3 is 11.7 Å². The van der Waals surface area contributed by atoms with Crippen molar-refractivity contribution in [1.82, 2.24) is 24.1 Å². The van der Waals surface area contributed by atoms with Crippen LogP contribution in [0.2, 0.25) is 0 Å². The molecule has 1 N–H and O–H groups in total. The number of fused-ring (bicyclic) bond motifs is 1. The van der Waals surface area contributed by atoms with Crippen LogP contribution in [0, 0.1) is 0 Å². The van der Waals surface area contributed by atoms with Gasteiger partial charge in [-0.2, -0.15) is 0 Å². The van der Waals surface area contributed by atoms with Crippen molar-refractivity contribution < 1.29 is 9.53 Å². The Hall–Kier alpha value is -3.23. The molecule has 0 saturated heterocycles. The number of imidazole rings is 1. The fourth-order valence-corrected chi connectivity index (χ4v) is 2.88. The Morgan fingerprint density at radius 1 is 1.22 bits per heavy atom. The maximum absolute atomic E-state index is 12.3. The van der Waals surface area contributed by atoms with Crippen LogP contribution < -0.4 is 11.2 Å². The minimum absolute atomic E-state index is 0.126. The lowest BCUT2D eigenvalue weighted by atomic mass is 10.3. The number of aromatic amines is 1. The van der Waals surface area contributed by atoms with E-state index in [1.807, 2.05) is 13.8 Å². The second-order valence-electron chi connectivity index (χ2n) is 6.00. The van der Waals surface area contributed by atoms with E-state index >= 15 is 0 Å². The van der Waals surface area contributed by atoms with Gasteiger partial charge in [0.15, 0.2) is 11.2 Å². The molecule has 0 bridgehead atoms. The molecule has 0 aliphatic carbocycles. The summed E-state index contributed by atoms with van der Waals surface area (Å²) >= 11 is 0. The summed E-state index contributed by atoms with van der Waals surface area (Å²) in [5, 5.41) is 0. The molecule has 9 heteroatoms. The van der Waals surface area contributed by atoms with Gasteiger partial charge in [0, 0.05) is 19.3 Å². The SMILES string of the molecule is CCCCn1c(=O)[nH]c(=O)c2c1nc(COC(=O)c1ccccn1)n2CC. The van der Waals surface area contributed by atoms with Crippen LogP contribution in [0.1, 0.15) is 43.0 Å². The second-order valence-corrected chi connectivity index (χ2v) is 6.00. The monoisotopic (exact) mass is 371 g/mol. The normalized spacial score (nSPS) is 11.0. The maximum Gasteiger partial charge on any atom is 0.357 e. The zero-order valence-electron chi connectivity index (χ0n) is 15.3. The van der Waals surface area contributed by atoms with Crippen LogP contribution in [-0.2, 0) is 24.4 Å². The number of nitrogens with zero attached hydrogens (tertiary/aromatic N) is 4. The molecule has 0 spiro atoms. The van der Waals surface area contributed by atoms with Gasteiger partial charge in [-0.25, -0.2) is 19.6 Å². The van der Waals surface area contributed by atoms with E-state index < -0.39 is 17.2 Å². The zero-order chi connectivity index (χ0) is 19.4. The first kappa shape index (κ1) is 18.6. The number of unbranched alkanes of at least 4 members (excludes halogenated alkanes) is 1. The molecule has 0 fully saturated rings. The number of aryl methyl sites for hydroxylation is 2. The largest absolute Gasteiger partial charge is 0.453 e. The maximum atomic E-state index is 12.3. The zero-order valence-corrected chi connectivity index (χ0v) is 15.3. The number of ether oxygens (including phenoxy) is 1. The highest BCUT2D eigenvalue weighted by Gasteiger charge is 2.19.